The standard InChI is InChI=1S/C17H18FNO3S/c1-9(2)22-17(21)14-10(3)11(4)23-16(14)19-15(20)12-5-7-13(18)8-6-12/h5-9H,1-4H3,(H,19,20). The lowest BCUT2D eigenvalue weighted by atomic mass is 10.1. The number of nitrogens with one attached hydrogen (secondary N) is 1. The molecule has 0 radical (unpaired) electrons. The highest BCUT2D eigenvalue weighted by Crippen LogP contribution is 2.33. The minimum atomic E-state index is -0.462. The zero-order chi connectivity index (χ0) is 17.1. The number of carbonyl (C=O) groups excluding carboxylic acids is 2. The van der Waals surface area contributed by atoms with Crippen molar-refractivity contribution in [3.63, 3.8) is 0 Å². The summed E-state index contributed by atoms with van der Waals surface area (Å²) in [5.41, 5.74) is 1.48. The van der Waals surface area contributed by atoms with E-state index in [1.54, 1.807) is 13.8 Å². The third kappa shape index (κ3) is 3.96. The predicted octanol–water partition coefficient (Wildman–Crippen LogP) is 4.32. The number of hydrogen-bond donors (Lipinski definition) is 1. The monoisotopic (exact) mass is 335 g/mol. The Morgan fingerprint density at radius 2 is 1.78 bits per heavy atom. The molecule has 0 bridgehead atoms. The van der Waals surface area contributed by atoms with Gasteiger partial charge in [-0.05, 0) is 57.5 Å². The molecule has 1 heterocycles. The fraction of sp³-hybridized carbons (Fsp3) is 0.294. The Labute approximate surface area is 138 Å². The van der Waals surface area contributed by atoms with Crippen LogP contribution in [-0.2, 0) is 4.74 Å². The van der Waals surface area contributed by atoms with E-state index in [1.807, 2.05) is 13.8 Å². The summed E-state index contributed by atoms with van der Waals surface area (Å²) in [6, 6.07) is 5.22. The van der Waals surface area contributed by atoms with Crippen molar-refractivity contribution in [2.24, 2.45) is 0 Å². The molecule has 1 aromatic carbocycles. The molecule has 23 heavy (non-hydrogen) atoms. The van der Waals surface area contributed by atoms with Crippen LogP contribution in [0.5, 0.6) is 0 Å². The van der Waals surface area contributed by atoms with Gasteiger partial charge in [-0.3, -0.25) is 4.79 Å². The van der Waals surface area contributed by atoms with Gasteiger partial charge in [-0.25, -0.2) is 9.18 Å². The Morgan fingerprint density at radius 3 is 2.35 bits per heavy atom. The Bertz CT molecular complexity index is 735. The van der Waals surface area contributed by atoms with Gasteiger partial charge in [0.1, 0.15) is 10.8 Å². The number of aryl methyl sites for hydroxylation is 1. The van der Waals surface area contributed by atoms with Crippen LogP contribution in [0.1, 0.15) is 45.0 Å². The van der Waals surface area contributed by atoms with Crippen molar-refractivity contribution in [3.05, 3.63) is 51.7 Å². The van der Waals surface area contributed by atoms with Gasteiger partial charge in [0.2, 0.25) is 0 Å². The van der Waals surface area contributed by atoms with Crippen LogP contribution in [0.25, 0.3) is 0 Å². The minimum Gasteiger partial charge on any atom is -0.459 e. The number of rotatable bonds is 4. The van der Waals surface area contributed by atoms with E-state index in [-0.39, 0.29) is 6.10 Å². The quantitative estimate of drug-likeness (QED) is 0.847. The highest BCUT2D eigenvalue weighted by atomic mass is 32.1. The first kappa shape index (κ1) is 17.1. The molecule has 122 valence electrons. The molecular weight excluding hydrogens is 317 g/mol. The largest absolute Gasteiger partial charge is 0.459 e. The molecule has 0 aliphatic rings. The molecule has 2 rings (SSSR count). The molecule has 4 nitrogen and oxygen atoms in total. The Balaban J connectivity index is 2.29. The number of carbonyl (C=O) groups is 2. The molecule has 2 aromatic rings. The van der Waals surface area contributed by atoms with Crippen LogP contribution >= 0.6 is 11.3 Å². The van der Waals surface area contributed by atoms with Crippen LogP contribution in [0, 0.1) is 19.7 Å². The lowest BCUT2D eigenvalue weighted by Crippen LogP contribution is -2.16. The van der Waals surface area contributed by atoms with Gasteiger partial charge < -0.3 is 10.1 Å². The molecule has 0 saturated heterocycles. The summed E-state index contributed by atoms with van der Waals surface area (Å²) < 4.78 is 18.2. The fourth-order valence-corrected chi connectivity index (χ4v) is 3.05. The zero-order valence-corrected chi connectivity index (χ0v) is 14.2. The third-order valence-corrected chi connectivity index (χ3v) is 4.39. The van der Waals surface area contributed by atoms with E-state index in [4.69, 9.17) is 4.74 Å². The van der Waals surface area contributed by atoms with Crippen LogP contribution < -0.4 is 5.32 Å². The van der Waals surface area contributed by atoms with Crippen molar-refractivity contribution in [2.45, 2.75) is 33.8 Å². The highest BCUT2D eigenvalue weighted by Gasteiger charge is 2.23. The van der Waals surface area contributed by atoms with Gasteiger partial charge in [-0.2, -0.15) is 0 Å². The first-order chi connectivity index (χ1) is 10.8. The molecule has 1 amide bonds. The van der Waals surface area contributed by atoms with Crippen molar-refractivity contribution < 1.29 is 18.7 Å². The van der Waals surface area contributed by atoms with Crippen LogP contribution in [0.3, 0.4) is 0 Å². The summed E-state index contributed by atoms with van der Waals surface area (Å²) in [7, 11) is 0. The minimum absolute atomic E-state index is 0.247. The van der Waals surface area contributed by atoms with Gasteiger partial charge in [-0.1, -0.05) is 0 Å². The lowest BCUT2D eigenvalue weighted by Gasteiger charge is -2.10. The van der Waals surface area contributed by atoms with Crippen LogP contribution in [-0.4, -0.2) is 18.0 Å². The Hall–Kier alpha value is -2.21. The summed E-state index contributed by atoms with van der Waals surface area (Å²) in [4.78, 5) is 25.4. The molecule has 0 aliphatic carbocycles. The van der Waals surface area contributed by atoms with Gasteiger partial charge >= 0.3 is 5.97 Å². The number of thiophene rings is 1. The summed E-state index contributed by atoms with van der Waals surface area (Å²) >= 11 is 1.32. The number of halogens is 1. The van der Waals surface area contributed by atoms with E-state index in [9.17, 15) is 14.0 Å². The summed E-state index contributed by atoms with van der Waals surface area (Å²) in [6.07, 6.45) is -0.247. The maximum absolute atomic E-state index is 12.9. The number of esters is 1. The summed E-state index contributed by atoms with van der Waals surface area (Å²) in [5, 5.41) is 3.16. The number of hydrogen-bond acceptors (Lipinski definition) is 4. The normalized spacial score (nSPS) is 10.7. The molecule has 0 fully saturated rings. The van der Waals surface area contributed by atoms with E-state index in [0.29, 0.717) is 16.1 Å². The second-order valence-electron chi connectivity index (χ2n) is 5.40. The van der Waals surface area contributed by atoms with Crippen molar-refractivity contribution in [3.8, 4) is 0 Å². The van der Waals surface area contributed by atoms with Gasteiger partial charge in [-0.15, -0.1) is 11.3 Å². The maximum Gasteiger partial charge on any atom is 0.341 e. The van der Waals surface area contributed by atoms with Gasteiger partial charge in [0, 0.05) is 10.4 Å². The Kier molecular flexibility index (Phi) is 5.15. The van der Waals surface area contributed by atoms with E-state index in [0.717, 1.165) is 10.4 Å². The Morgan fingerprint density at radius 1 is 1.17 bits per heavy atom. The third-order valence-electron chi connectivity index (χ3n) is 3.27. The molecule has 0 atom stereocenters. The molecule has 0 saturated carbocycles. The molecule has 1 aromatic heterocycles. The lowest BCUT2D eigenvalue weighted by molar-refractivity contribution is 0.0379. The first-order valence-electron chi connectivity index (χ1n) is 7.17. The first-order valence-corrected chi connectivity index (χ1v) is 7.99. The molecule has 0 aliphatic heterocycles. The van der Waals surface area contributed by atoms with Gasteiger partial charge in [0.25, 0.3) is 5.91 Å². The number of amides is 1. The second kappa shape index (κ2) is 6.91. The maximum atomic E-state index is 12.9. The summed E-state index contributed by atoms with van der Waals surface area (Å²) in [6.45, 7) is 7.22. The average Bonchev–Trinajstić information content (AvgIpc) is 2.73. The number of anilines is 1. The van der Waals surface area contributed by atoms with E-state index >= 15 is 0 Å². The van der Waals surface area contributed by atoms with Crippen molar-refractivity contribution >= 4 is 28.2 Å². The van der Waals surface area contributed by atoms with Crippen LogP contribution in [0.4, 0.5) is 9.39 Å². The topological polar surface area (TPSA) is 55.4 Å². The molecule has 0 spiro atoms. The number of benzene rings is 1. The van der Waals surface area contributed by atoms with Gasteiger partial charge in [0.05, 0.1) is 11.7 Å². The van der Waals surface area contributed by atoms with Crippen molar-refractivity contribution in [2.75, 3.05) is 5.32 Å². The van der Waals surface area contributed by atoms with Crippen molar-refractivity contribution in [1.29, 1.82) is 0 Å². The molecule has 6 heteroatoms. The number of ether oxygens (including phenoxy) is 1. The van der Waals surface area contributed by atoms with E-state index in [1.165, 1.54) is 35.6 Å². The van der Waals surface area contributed by atoms with Gasteiger partial charge in [0.15, 0.2) is 0 Å². The van der Waals surface area contributed by atoms with E-state index < -0.39 is 17.7 Å². The van der Waals surface area contributed by atoms with Crippen molar-refractivity contribution in [1.82, 2.24) is 0 Å². The fourth-order valence-electron chi connectivity index (χ4n) is 2.01. The molecular formula is C17H18FNO3S. The van der Waals surface area contributed by atoms with Crippen LogP contribution in [0.2, 0.25) is 0 Å². The highest BCUT2D eigenvalue weighted by molar-refractivity contribution is 7.16. The summed E-state index contributed by atoms with van der Waals surface area (Å²) in [5.74, 6) is -1.27. The van der Waals surface area contributed by atoms with E-state index in [2.05, 4.69) is 5.32 Å². The molecule has 0 unspecified atom stereocenters. The smallest absolute Gasteiger partial charge is 0.341 e. The molecule has 1 N–H and O–H groups in total. The predicted molar refractivity (Wildman–Crippen MR) is 88.7 cm³/mol. The van der Waals surface area contributed by atoms with Crippen LogP contribution in [0.15, 0.2) is 24.3 Å². The average molecular weight is 335 g/mol. The second-order valence-corrected chi connectivity index (χ2v) is 6.63. The SMILES string of the molecule is Cc1sc(NC(=O)c2ccc(F)cc2)c(C(=O)OC(C)C)c1C. The zero-order valence-electron chi connectivity index (χ0n) is 13.4.